The highest BCUT2D eigenvalue weighted by Gasteiger charge is 2.10. The average molecular weight is 375 g/mol. The Kier molecular flexibility index (Phi) is 4.76. The summed E-state index contributed by atoms with van der Waals surface area (Å²) in [5, 5.41) is 15.1. The van der Waals surface area contributed by atoms with Crippen molar-refractivity contribution in [1.29, 1.82) is 0 Å². The highest BCUT2D eigenvalue weighted by molar-refractivity contribution is 6.00. The van der Waals surface area contributed by atoms with Gasteiger partial charge in [-0.05, 0) is 25.5 Å². The summed E-state index contributed by atoms with van der Waals surface area (Å²) in [6.07, 6.45) is 6.79. The lowest BCUT2D eigenvalue weighted by Gasteiger charge is -2.08. The number of nitrogens with zero attached hydrogens (tertiary/aromatic N) is 5. The fourth-order valence-corrected chi connectivity index (χ4v) is 2.96. The molecule has 0 atom stereocenters. The minimum absolute atomic E-state index is 0.222. The van der Waals surface area contributed by atoms with Crippen molar-refractivity contribution < 1.29 is 4.79 Å². The summed E-state index contributed by atoms with van der Waals surface area (Å²) in [6, 6.07) is 11.7. The quantitative estimate of drug-likeness (QED) is 0.553. The van der Waals surface area contributed by atoms with Gasteiger partial charge in [0.2, 0.25) is 0 Å². The Labute approximate surface area is 162 Å². The first-order chi connectivity index (χ1) is 13.6. The summed E-state index contributed by atoms with van der Waals surface area (Å²) < 4.78 is 3.62. The molecule has 0 spiro atoms. The number of anilines is 2. The smallest absolute Gasteiger partial charge is 0.306 e. The van der Waals surface area contributed by atoms with Gasteiger partial charge >= 0.3 is 6.03 Å². The number of aromatic nitrogens is 5. The van der Waals surface area contributed by atoms with Gasteiger partial charge < -0.3 is 10.6 Å². The second-order valence-corrected chi connectivity index (χ2v) is 6.81. The molecule has 3 heterocycles. The molecule has 2 N–H and O–H groups in total. The number of hydrogen-bond donors (Lipinski definition) is 2. The Morgan fingerprint density at radius 3 is 2.61 bits per heavy atom. The van der Waals surface area contributed by atoms with Crippen LogP contribution in [0.25, 0.3) is 11.0 Å². The van der Waals surface area contributed by atoms with E-state index in [9.17, 15) is 4.79 Å². The molecule has 142 valence electrons. The van der Waals surface area contributed by atoms with Crippen molar-refractivity contribution in [2.75, 3.05) is 10.6 Å². The predicted octanol–water partition coefficient (Wildman–Crippen LogP) is 3.90. The third-order valence-corrected chi connectivity index (χ3v) is 4.26. The van der Waals surface area contributed by atoms with Gasteiger partial charge in [0.25, 0.3) is 0 Å². The van der Waals surface area contributed by atoms with Gasteiger partial charge in [-0.1, -0.05) is 30.3 Å². The van der Waals surface area contributed by atoms with Gasteiger partial charge in [0.05, 0.1) is 36.5 Å². The van der Waals surface area contributed by atoms with Crippen molar-refractivity contribution in [2.45, 2.75) is 26.4 Å². The SMILES string of the molecule is CC(C)n1ncc2cc(NC(=O)Nc3cnn(Cc4ccccc4)c3)cnc21. The van der Waals surface area contributed by atoms with Crippen LogP contribution in [-0.4, -0.2) is 30.6 Å². The molecule has 0 aliphatic carbocycles. The van der Waals surface area contributed by atoms with E-state index in [2.05, 4.69) is 25.8 Å². The molecule has 1 aromatic carbocycles. The number of rotatable bonds is 5. The van der Waals surface area contributed by atoms with Crippen molar-refractivity contribution in [3.8, 4) is 0 Å². The first-order valence-electron chi connectivity index (χ1n) is 9.06. The minimum Gasteiger partial charge on any atom is -0.306 e. The monoisotopic (exact) mass is 375 g/mol. The number of urea groups is 1. The largest absolute Gasteiger partial charge is 0.323 e. The average Bonchev–Trinajstić information content (AvgIpc) is 3.29. The van der Waals surface area contributed by atoms with Crippen LogP contribution < -0.4 is 10.6 Å². The van der Waals surface area contributed by atoms with Gasteiger partial charge in [-0.25, -0.2) is 14.5 Å². The fourth-order valence-electron chi connectivity index (χ4n) is 2.96. The molecule has 28 heavy (non-hydrogen) atoms. The zero-order chi connectivity index (χ0) is 19.5. The van der Waals surface area contributed by atoms with Crippen LogP contribution >= 0.6 is 0 Å². The fraction of sp³-hybridized carbons (Fsp3) is 0.200. The first kappa shape index (κ1) is 17.7. The zero-order valence-corrected chi connectivity index (χ0v) is 15.7. The van der Waals surface area contributed by atoms with E-state index in [0.717, 1.165) is 16.6 Å². The van der Waals surface area contributed by atoms with Crippen molar-refractivity contribution in [3.63, 3.8) is 0 Å². The van der Waals surface area contributed by atoms with E-state index in [0.29, 0.717) is 17.9 Å². The number of nitrogens with one attached hydrogen (secondary N) is 2. The van der Waals surface area contributed by atoms with E-state index in [1.165, 1.54) is 0 Å². The number of pyridine rings is 1. The number of amides is 2. The van der Waals surface area contributed by atoms with Crippen molar-refractivity contribution in [1.82, 2.24) is 24.5 Å². The summed E-state index contributed by atoms with van der Waals surface area (Å²) in [5.74, 6) is 0. The Morgan fingerprint density at radius 1 is 1.04 bits per heavy atom. The molecule has 3 aromatic heterocycles. The van der Waals surface area contributed by atoms with Gasteiger partial charge in [0.15, 0.2) is 5.65 Å². The van der Waals surface area contributed by atoms with E-state index in [1.54, 1.807) is 29.5 Å². The van der Waals surface area contributed by atoms with Gasteiger partial charge in [0.1, 0.15) is 0 Å². The van der Waals surface area contributed by atoms with Crippen LogP contribution in [0.1, 0.15) is 25.5 Å². The zero-order valence-electron chi connectivity index (χ0n) is 15.7. The lowest BCUT2D eigenvalue weighted by molar-refractivity contribution is 0.262. The Hall–Kier alpha value is -3.68. The number of benzene rings is 1. The lowest BCUT2D eigenvalue weighted by Crippen LogP contribution is -2.19. The third-order valence-electron chi connectivity index (χ3n) is 4.26. The van der Waals surface area contributed by atoms with E-state index in [4.69, 9.17) is 0 Å². The van der Waals surface area contributed by atoms with Crippen molar-refractivity contribution in [3.05, 3.63) is 66.7 Å². The third kappa shape index (κ3) is 3.85. The highest BCUT2D eigenvalue weighted by atomic mass is 16.2. The van der Waals surface area contributed by atoms with Crippen LogP contribution in [0.5, 0.6) is 0 Å². The summed E-state index contributed by atoms with van der Waals surface area (Å²) in [5.41, 5.74) is 3.16. The van der Waals surface area contributed by atoms with E-state index < -0.39 is 0 Å². The molecule has 8 nitrogen and oxygen atoms in total. The molecule has 4 aromatic rings. The molecule has 0 saturated carbocycles. The van der Waals surface area contributed by atoms with Crippen molar-refractivity contribution >= 4 is 28.4 Å². The maximum Gasteiger partial charge on any atom is 0.323 e. The maximum absolute atomic E-state index is 12.3. The Morgan fingerprint density at radius 2 is 1.82 bits per heavy atom. The summed E-state index contributed by atoms with van der Waals surface area (Å²) >= 11 is 0. The van der Waals surface area contributed by atoms with Gasteiger partial charge in [0, 0.05) is 17.6 Å². The second-order valence-electron chi connectivity index (χ2n) is 6.81. The van der Waals surface area contributed by atoms with E-state index in [-0.39, 0.29) is 12.1 Å². The highest BCUT2D eigenvalue weighted by Crippen LogP contribution is 2.19. The second kappa shape index (κ2) is 7.51. The first-order valence-corrected chi connectivity index (χ1v) is 9.06. The molecule has 0 aliphatic rings. The number of fused-ring (bicyclic) bond motifs is 1. The standard InChI is InChI=1S/C20H21N7O/c1-14(2)27-19-16(9-23-27)8-17(10-21-19)24-20(28)25-18-11-22-26(13-18)12-15-6-4-3-5-7-15/h3-11,13-14H,12H2,1-2H3,(H2,24,25,28). The van der Waals surface area contributed by atoms with Crippen LogP contribution in [0.3, 0.4) is 0 Å². The number of carbonyl (C=O) groups excluding carboxylic acids is 1. The Bertz CT molecular complexity index is 1100. The molecule has 2 amide bonds. The molecule has 4 rings (SSSR count). The van der Waals surface area contributed by atoms with Crippen LogP contribution in [-0.2, 0) is 6.54 Å². The predicted molar refractivity (Wildman–Crippen MR) is 108 cm³/mol. The summed E-state index contributed by atoms with van der Waals surface area (Å²) in [4.78, 5) is 16.7. The molecule has 0 unspecified atom stereocenters. The van der Waals surface area contributed by atoms with Gasteiger partial charge in [-0.3, -0.25) is 4.68 Å². The molecule has 8 heteroatoms. The molecule has 0 aliphatic heterocycles. The summed E-state index contributed by atoms with van der Waals surface area (Å²) in [6.45, 7) is 4.74. The van der Waals surface area contributed by atoms with E-state index in [1.807, 2.05) is 54.9 Å². The summed E-state index contributed by atoms with van der Waals surface area (Å²) in [7, 11) is 0. The van der Waals surface area contributed by atoms with Crippen LogP contribution in [0.15, 0.2) is 61.2 Å². The molecule has 0 bridgehead atoms. The molecular formula is C20H21N7O. The van der Waals surface area contributed by atoms with Gasteiger partial charge in [-0.15, -0.1) is 0 Å². The van der Waals surface area contributed by atoms with Crippen LogP contribution in [0, 0.1) is 0 Å². The maximum atomic E-state index is 12.3. The molecule has 0 fully saturated rings. The molecule has 0 radical (unpaired) electrons. The Balaban J connectivity index is 1.40. The number of carbonyl (C=O) groups is 1. The van der Waals surface area contributed by atoms with Crippen molar-refractivity contribution in [2.24, 2.45) is 0 Å². The molecule has 0 saturated heterocycles. The van der Waals surface area contributed by atoms with Crippen LogP contribution in [0.2, 0.25) is 0 Å². The van der Waals surface area contributed by atoms with E-state index >= 15 is 0 Å². The minimum atomic E-state index is -0.350. The molecular weight excluding hydrogens is 354 g/mol. The van der Waals surface area contributed by atoms with Gasteiger partial charge in [-0.2, -0.15) is 10.2 Å². The topological polar surface area (TPSA) is 89.7 Å². The normalized spacial score (nSPS) is 11.1. The van der Waals surface area contributed by atoms with Crippen LogP contribution in [0.4, 0.5) is 16.2 Å². The lowest BCUT2D eigenvalue weighted by atomic mass is 10.2. The number of hydrogen-bond acceptors (Lipinski definition) is 4.